The van der Waals surface area contributed by atoms with Gasteiger partial charge in [-0.15, -0.1) is 0 Å². The normalized spacial score (nSPS) is 22.2. The number of halogens is 4. The Morgan fingerprint density at radius 2 is 1.75 bits per heavy atom. The lowest BCUT2D eigenvalue weighted by molar-refractivity contribution is -0.137. The van der Waals surface area contributed by atoms with Crippen molar-refractivity contribution in [2.75, 3.05) is 26.2 Å². The first-order valence-corrected chi connectivity index (χ1v) is 11.6. The fourth-order valence-electron chi connectivity index (χ4n) is 4.98. The molecule has 7 heteroatoms. The van der Waals surface area contributed by atoms with Crippen LogP contribution in [0.2, 0.25) is 5.02 Å². The Morgan fingerprint density at radius 1 is 1.06 bits per heavy atom. The zero-order valence-corrected chi connectivity index (χ0v) is 18.7. The van der Waals surface area contributed by atoms with E-state index in [1.807, 2.05) is 24.3 Å². The molecule has 0 bridgehead atoms. The summed E-state index contributed by atoms with van der Waals surface area (Å²) in [6.45, 7) is 2.82. The number of benzene rings is 2. The van der Waals surface area contributed by atoms with Gasteiger partial charge in [0.05, 0.1) is 18.3 Å². The zero-order valence-electron chi connectivity index (χ0n) is 18.0. The number of rotatable bonds is 7. The fraction of sp³-hybridized carbons (Fsp3) is 0.520. The summed E-state index contributed by atoms with van der Waals surface area (Å²) in [5.74, 6) is 0.734. The zero-order chi connectivity index (χ0) is 22.8. The monoisotopic (exact) mass is 467 g/mol. The number of nitrogens with zero attached hydrogens (tertiary/aromatic N) is 1. The second-order valence-corrected chi connectivity index (χ2v) is 9.57. The molecular formula is C25H29ClF3NO2. The summed E-state index contributed by atoms with van der Waals surface area (Å²) in [5.41, 5.74) is 0.280. The highest BCUT2D eigenvalue weighted by Crippen LogP contribution is 2.47. The van der Waals surface area contributed by atoms with Gasteiger partial charge >= 0.3 is 6.18 Å². The molecule has 32 heavy (non-hydrogen) atoms. The molecule has 1 aliphatic carbocycles. The number of aliphatic hydroxyl groups is 1. The number of aliphatic hydroxyl groups excluding tert-OH is 1. The van der Waals surface area contributed by atoms with Crippen LogP contribution in [0.25, 0.3) is 0 Å². The first-order valence-electron chi connectivity index (χ1n) is 11.2. The van der Waals surface area contributed by atoms with Crippen LogP contribution in [-0.2, 0) is 11.6 Å². The van der Waals surface area contributed by atoms with Gasteiger partial charge in [0.25, 0.3) is 0 Å². The average Bonchev–Trinajstić information content (AvgIpc) is 2.73. The van der Waals surface area contributed by atoms with Crippen LogP contribution in [0.5, 0.6) is 5.75 Å². The van der Waals surface area contributed by atoms with Crippen molar-refractivity contribution in [2.45, 2.75) is 49.8 Å². The smallest absolute Gasteiger partial charge is 0.416 e. The molecule has 1 N–H and O–H groups in total. The summed E-state index contributed by atoms with van der Waals surface area (Å²) in [5, 5.41) is 11.9. The maximum Gasteiger partial charge on any atom is 0.416 e. The molecule has 0 aromatic heterocycles. The third-order valence-corrected chi connectivity index (χ3v) is 7.26. The van der Waals surface area contributed by atoms with Crippen LogP contribution >= 0.6 is 11.6 Å². The van der Waals surface area contributed by atoms with E-state index >= 15 is 0 Å². The second kappa shape index (κ2) is 9.62. The number of hydrogen-bond acceptors (Lipinski definition) is 3. The predicted molar refractivity (Wildman–Crippen MR) is 119 cm³/mol. The van der Waals surface area contributed by atoms with Crippen LogP contribution in [0, 0.1) is 5.92 Å². The van der Waals surface area contributed by atoms with E-state index in [0.29, 0.717) is 23.9 Å². The molecule has 0 amide bonds. The summed E-state index contributed by atoms with van der Waals surface area (Å²) in [6.07, 6.45) is 0.300. The largest absolute Gasteiger partial charge is 0.493 e. The number of piperidine rings is 1. The first-order chi connectivity index (χ1) is 15.3. The molecule has 2 aliphatic rings. The maximum atomic E-state index is 12.7. The van der Waals surface area contributed by atoms with Crippen molar-refractivity contribution in [3.8, 4) is 5.75 Å². The average molecular weight is 468 g/mol. The molecule has 1 aliphatic heterocycles. The number of likely N-dealkylation sites (tertiary alicyclic amines) is 1. The SMILES string of the molecule is O[C@H](CN1CCC[C@@H](COc2ccc(C(F)(F)F)cc2)C1)C1(c2ccc(Cl)cc2)CCC1. The second-order valence-electron chi connectivity index (χ2n) is 9.13. The lowest BCUT2D eigenvalue weighted by atomic mass is 9.61. The maximum absolute atomic E-state index is 12.7. The van der Waals surface area contributed by atoms with Gasteiger partial charge in [-0.3, -0.25) is 0 Å². The first kappa shape index (κ1) is 23.4. The van der Waals surface area contributed by atoms with E-state index < -0.39 is 17.8 Å². The Bertz CT molecular complexity index is 882. The molecule has 1 saturated carbocycles. The van der Waals surface area contributed by atoms with E-state index in [1.165, 1.54) is 12.1 Å². The molecule has 2 aromatic rings. The van der Waals surface area contributed by atoms with Crippen molar-refractivity contribution in [3.63, 3.8) is 0 Å². The van der Waals surface area contributed by atoms with Crippen molar-refractivity contribution in [3.05, 3.63) is 64.7 Å². The molecular weight excluding hydrogens is 439 g/mol. The van der Waals surface area contributed by atoms with Crippen LogP contribution in [0.4, 0.5) is 13.2 Å². The Balaban J connectivity index is 1.31. The number of ether oxygens (including phenoxy) is 1. The summed E-state index contributed by atoms with van der Waals surface area (Å²) < 4.78 is 43.9. The van der Waals surface area contributed by atoms with Crippen LogP contribution in [0.15, 0.2) is 48.5 Å². The van der Waals surface area contributed by atoms with E-state index in [1.54, 1.807) is 0 Å². The highest BCUT2D eigenvalue weighted by atomic mass is 35.5. The van der Waals surface area contributed by atoms with Gasteiger partial charge in [0.2, 0.25) is 0 Å². The minimum absolute atomic E-state index is 0.200. The molecule has 3 nitrogen and oxygen atoms in total. The molecule has 2 aromatic carbocycles. The van der Waals surface area contributed by atoms with E-state index in [0.717, 1.165) is 62.9 Å². The third kappa shape index (κ3) is 5.24. The van der Waals surface area contributed by atoms with Crippen molar-refractivity contribution in [1.29, 1.82) is 0 Å². The third-order valence-electron chi connectivity index (χ3n) is 7.00. The van der Waals surface area contributed by atoms with Gasteiger partial charge in [-0.2, -0.15) is 13.2 Å². The highest BCUT2D eigenvalue weighted by Gasteiger charge is 2.45. The lowest BCUT2D eigenvalue weighted by Gasteiger charge is -2.48. The van der Waals surface area contributed by atoms with Gasteiger partial charge in [-0.1, -0.05) is 30.2 Å². The summed E-state index contributed by atoms with van der Waals surface area (Å²) in [4.78, 5) is 2.30. The van der Waals surface area contributed by atoms with Gasteiger partial charge < -0.3 is 14.7 Å². The topological polar surface area (TPSA) is 32.7 Å². The Labute approximate surface area is 192 Å². The van der Waals surface area contributed by atoms with Crippen LogP contribution in [-0.4, -0.2) is 42.4 Å². The Kier molecular flexibility index (Phi) is 7.03. The van der Waals surface area contributed by atoms with Gasteiger partial charge in [0, 0.05) is 29.4 Å². The predicted octanol–water partition coefficient (Wildman–Crippen LogP) is 5.93. The van der Waals surface area contributed by atoms with Crippen molar-refractivity contribution >= 4 is 11.6 Å². The quantitative estimate of drug-likeness (QED) is 0.547. The summed E-state index contributed by atoms with van der Waals surface area (Å²) >= 11 is 6.04. The van der Waals surface area contributed by atoms with Crippen molar-refractivity contribution < 1.29 is 23.0 Å². The van der Waals surface area contributed by atoms with E-state index in [9.17, 15) is 18.3 Å². The minimum Gasteiger partial charge on any atom is -0.493 e. The van der Waals surface area contributed by atoms with Gasteiger partial charge in [-0.05, 0) is 74.2 Å². The Hall–Kier alpha value is -1.76. The van der Waals surface area contributed by atoms with E-state index in [4.69, 9.17) is 16.3 Å². The van der Waals surface area contributed by atoms with E-state index in [2.05, 4.69) is 4.90 Å². The molecule has 0 radical (unpaired) electrons. The van der Waals surface area contributed by atoms with Crippen molar-refractivity contribution in [1.82, 2.24) is 4.90 Å². The number of hydrogen-bond donors (Lipinski definition) is 1. The van der Waals surface area contributed by atoms with Crippen LogP contribution < -0.4 is 4.74 Å². The molecule has 2 atom stereocenters. The highest BCUT2D eigenvalue weighted by molar-refractivity contribution is 6.30. The molecule has 4 rings (SSSR count). The van der Waals surface area contributed by atoms with Crippen LogP contribution in [0.1, 0.15) is 43.2 Å². The Morgan fingerprint density at radius 3 is 2.34 bits per heavy atom. The minimum atomic E-state index is -4.34. The fourth-order valence-corrected chi connectivity index (χ4v) is 5.11. The van der Waals surface area contributed by atoms with Gasteiger partial charge in [-0.25, -0.2) is 0 Å². The lowest BCUT2D eigenvalue weighted by Crippen LogP contribution is -2.52. The van der Waals surface area contributed by atoms with Gasteiger partial charge in [0.15, 0.2) is 0 Å². The molecule has 0 spiro atoms. The number of β-amino-alcohol motifs (C(OH)–C–C–N with tert-alkyl or cyclic N) is 1. The van der Waals surface area contributed by atoms with Crippen LogP contribution in [0.3, 0.4) is 0 Å². The molecule has 174 valence electrons. The van der Waals surface area contributed by atoms with Crippen molar-refractivity contribution in [2.24, 2.45) is 5.92 Å². The number of alkyl halides is 3. The molecule has 0 unspecified atom stereocenters. The molecule has 1 heterocycles. The van der Waals surface area contributed by atoms with Gasteiger partial charge in [0.1, 0.15) is 5.75 Å². The standard InChI is InChI=1S/C25H29ClF3NO2/c26-21-8-4-19(5-9-21)24(12-2-13-24)23(31)16-30-14-1-3-18(15-30)17-32-22-10-6-20(7-11-22)25(27,28)29/h4-11,18,23,31H,1-3,12-17H2/t18-,23-/m1/s1. The summed E-state index contributed by atoms with van der Waals surface area (Å²) in [7, 11) is 0. The molecule has 1 saturated heterocycles. The molecule has 2 fully saturated rings. The summed E-state index contributed by atoms with van der Waals surface area (Å²) in [6, 6.07) is 12.7. The van der Waals surface area contributed by atoms with E-state index in [-0.39, 0.29) is 11.3 Å².